The number of aryl methyl sites for hydroxylation is 1. The first kappa shape index (κ1) is 14.4. The molecular weight excluding hydrogens is 226 g/mol. The second-order valence-electron chi connectivity index (χ2n) is 3.91. The van der Waals surface area contributed by atoms with Gasteiger partial charge >= 0.3 is 0 Å². The van der Waals surface area contributed by atoms with Crippen LogP contribution in [0, 0.1) is 6.92 Å². The monoisotopic (exact) mass is 249 g/mol. The van der Waals surface area contributed by atoms with Gasteiger partial charge in [0.05, 0.1) is 5.39 Å². The largest absolute Gasteiger partial charge is 0.383 e. The number of hydrogen-bond donors (Lipinski definition) is 3. The molecule has 18 heavy (non-hydrogen) atoms. The van der Waals surface area contributed by atoms with Crippen LogP contribution in [0.4, 0.5) is 5.82 Å². The van der Waals surface area contributed by atoms with E-state index in [4.69, 9.17) is 5.73 Å². The van der Waals surface area contributed by atoms with Crippen LogP contribution < -0.4 is 11.1 Å². The molecular formula is C13H23N5. The Bertz CT molecular complexity index is 452. The highest BCUT2D eigenvalue weighted by Gasteiger charge is 2.03. The number of nitrogens with zero attached hydrogens (tertiary/aromatic N) is 2. The van der Waals surface area contributed by atoms with Crippen LogP contribution in [-0.2, 0) is 0 Å². The van der Waals surface area contributed by atoms with E-state index in [0.29, 0.717) is 5.82 Å². The van der Waals surface area contributed by atoms with Gasteiger partial charge in [-0.2, -0.15) is 0 Å². The zero-order chi connectivity index (χ0) is 13.4. The van der Waals surface area contributed by atoms with Crippen LogP contribution in [0.2, 0.25) is 0 Å². The Kier molecular flexibility index (Phi) is 6.14. The van der Waals surface area contributed by atoms with Crippen LogP contribution in [-0.4, -0.2) is 28.0 Å². The van der Waals surface area contributed by atoms with Crippen molar-refractivity contribution >= 4 is 16.9 Å². The molecule has 1 fully saturated rings. The summed E-state index contributed by atoms with van der Waals surface area (Å²) in [5, 5.41) is 4.15. The average Bonchev–Trinajstić information content (AvgIpc) is 3.06. The fourth-order valence-electron chi connectivity index (χ4n) is 1.77. The van der Waals surface area contributed by atoms with Gasteiger partial charge in [-0.25, -0.2) is 9.97 Å². The van der Waals surface area contributed by atoms with E-state index >= 15 is 0 Å². The maximum Gasteiger partial charge on any atom is 0.143 e. The fraction of sp³-hybridized carbons (Fsp3) is 0.538. The number of fused-ring (bicyclic) bond motifs is 1. The number of rotatable bonds is 0. The molecule has 2 aromatic rings. The lowest BCUT2D eigenvalue weighted by Crippen LogP contribution is -2.03. The quantitative estimate of drug-likeness (QED) is 0.669. The molecule has 1 aliphatic heterocycles. The molecule has 3 heterocycles. The second-order valence-corrected chi connectivity index (χ2v) is 3.91. The Hall–Kier alpha value is -1.62. The highest BCUT2D eigenvalue weighted by Crippen LogP contribution is 2.18. The molecule has 0 saturated carbocycles. The van der Waals surface area contributed by atoms with Gasteiger partial charge in [-0.15, -0.1) is 0 Å². The van der Waals surface area contributed by atoms with Crippen molar-refractivity contribution in [2.75, 3.05) is 18.8 Å². The van der Waals surface area contributed by atoms with E-state index in [0.717, 1.165) is 16.6 Å². The van der Waals surface area contributed by atoms with Gasteiger partial charge in [0.15, 0.2) is 0 Å². The molecule has 2 aromatic heterocycles. The van der Waals surface area contributed by atoms with Crippen LogP contribution in [0.15, 0.2) is 12.5 Å². The number of nitrogens with one attached hydrogen (secondary N) is 2. The molecule has 0 spiro atoms. The van der Waals surface area contributed by atoms with Gasteiger partial charge in [-0.3, -0.25) is 0 Å². The smallest absolute Gasteiger partial charge is 0.143 e. The fourth-order valence-corrected chi connectivity index (χ4v) is 1.77. The Morgan fingerprint density at radius 2 is 1.83 bits per heavy atom. The molecule has 0 aromatic carbocycles. The predicted molar refractivity (Wildman–Crippen MR) is 76.5 cm³/mol. The van der Waals surface area contributed by atoms with E-state index in [-0.39, 0.29) is 0 Å². The average molecular weight is 249 g/mol. The number of nitrogens with two attached hydrogens (primary N) is 1. The van der Waals surface area contributed by atoms with Crippen molar-refractivity contribution < 1.29 is 0 Å². The molecule has 5 heteroatoms. The summed E-state index contributed by atoms with van der Waals surface area (Å²) in [5.41, 5.74) is 7.51. The van der Waals surface area contributed by atoms with Crippen molar-refractivity contribution in [2.24, 2.45) is 0 Å². The maximum absolute atomic E-state index is 5.63. The van der Waals surface area contributed by atoms with Gasteiger partial charge in [0.1, 0.15) is 17.8 Å². The van der Waals surface area contributed by atoms with Gasteiger partial charge in [-0.1, -0.05) is 13.8 Å². The summed E-state index contributed by atoms with van der Waals surface area (Å²) in [5.74, 6) is 0.536. The maximum atomic E-state index is 5.63. The third-order valence-corrected chi connectivity index (χ3v) is 2.65. The van der Waals surface area contributed by atoms with E-state index in [9.17, 15) is 0 Å². The Morgan fingerprint density at radius 1 is 1.17 bits per heavy atom. The molecule has 1 aliphatic rings. The highest BCUT2D eigenvalue weighted by atomic mass is 15.0. The summed E-state index contributed by atoms with van der Waals surface area (Å²) in [6.45, 7) is 8.47. The molecule has 1 saturated heterocycles. The number of nitrogen functional groups attached to an aromatic ring is 1. The first-order valence-electron chi connectivity index (χ1n) is 6.54. The normalized spacial score (nSPS) is 13.5. The summed E-state index contributed by atoms with van der Waals surface area (Å²) in [4.78, 5) is 10.9. The number of aromatic nitrogens is 3. The Morgan fingerprint density at radius 3 is 2.33 bits per heavy atom. The molecule has 4 N–H and O–H groups in total. The number of aromatic amines is 1. The molecule has 0 bridgehead atoms. The third kappa shape index (κ3) is 3.70. The van der Waals surface area contributed by atoms with Gasteiger partial charge in [0.2, 0.25) is 0 Å². The molecule has 0 radical (unpaired) electrons. The van der Waals surface area contributed by atoms with Crippen LogP contribution in [0.25, 0.3) is 11.0 Å². The summed E-state index contributed by atoms with van der Waals surface area (Å²) >= 11 is 0. The molecule has 100 valence electrons. The topological polar surface area (TPSA) is 79.6 Å². The molecule has 3 rings (SSSR count). The first-order valence-corrected chi connectivity index (χ1v) is 6.54. The van der Waals surface area contributed by atoms with Crippen molar-refractivity contribution in [1.29, 1.82) is 0 Å². The zero-order valence-corrected chi connectivity index (χ0v) is 11.5. The van der Waals surface area contributed by atoms with E-state index in [1.165, 1.54) is 32.3 Å². The van der Waals surface area contributed by atoms with Crippen LogP contribution >= 0.6 is 0 Å². The predicted octanol–water partition coefficient (Wildman–Crippen LogP) is 2.24. The highest BCUT2D eigenvalue weighted by molar-refractivity contribution is 5.88. The summed E-state index contributed by atoms with van der Waals surface area (Å²) < 4.78 is 0. The van der Waals surface area contributed by atoms with Crippen LogP contribution in [0.5, 0.6) is 0 Å². The lowest BCUT2D eigenvalue weighted by Gasteiger charge is -1.93. The van der Waals surface area contributed by atoms with Crippen molar-refractivity contribution in [3.8, 4) is 0 Å². The zero-order valence-electron chi connectivity index (χ0n) is 11.5. The van der Waals surface area contributed by atoms with Crippen molar-refractivity contribution in [2.45, 2.75) is 33.6 Å². The Labute approximate surface area is 108 Å². The van der Waals surface area contributed by atoms with E-state index in [1.807, 2.05) is 27.0 Å². The summed E-state index contributed by atoms with van der Waals surface area (Å²) in [6, 6.07) is 0. The Balaban J connectivity index is 0.000000195. The van der Waals surface area contributed by atoms with E-state index in [2.05, 4.69) is 20.3 Å². The number of hydrogen-bond acceptors (Lipinski definition) is 4. The first-order chi connectivity index (χ1) is 8.79. The summed E-state index contributed by atoms with van der Waals surface area (Å²) in [7, 11) is 0. The van der Waals surface area contributed by atoms with Crippen molar-refractivity contribution in [3.63, 3.8) is 0 Å². The standard InChI is InChI=1S/C7H8N4.C4H9N.C2H6/c1-4-2-9-7-5(4)6(8)10-3-11-7;1-2-4-5-3-1;1-2/h2-3H,1H3,(H3,8,9,10,11);5H,1-4H2;1-2H3. The summed E-state index contributed by atoms with van der Waals surface area (Å²) in [6.07, 6.45) is 6.10. The van der Waals surface area contributed by atoms with Gasteiger partial charge in [0.25, 0.3) is 0 Å². The lowest BCUT2D eigenvalue weighted by atomic mass is 10.2. The van der Waals surface area contributed by atoms with Gasteiger partial charge in [-0.05, 0) is 38.4 Å². The van der Waals surface area contributed by atoms with Gasteiger partial charge < -0.3 is 16.0 Å². The van der Waals surface area contributed by atoms with E-state index in [1.54, 1.807) is 0 Å². The molecule has 0 atom stereocenters. The SMILES string of the molecule is C1CCNC1.CC.Cc1c[nH]c2ncnc(N)c12. The minimum atomic E-state index is 0.536. The van der Waals surface area contributed by atoms with Crippen LogP contribution in [0.3, 0.4) is 0 Å². The second kappa shape index (κ2) is 7.66. The molecule has 5 nitrogen and oxygen atoms in total. The third-order valence-electron chi connectivity index (χ3n) is 2.65. The molecule has 0 unspecified atom stereocenters. The van der Waals surface area contributed by atoms with Gasteiger partial charge in [0, 0.05) is 6.20 Å². The molecule has 0 amide bonds. The minimum Gasteiger partial charge on any atom is -0.383 e. The van der Waals surface area contributed by atoms with Crippen molar-refractivity contribution in [3.05, 3.63) is 18.1 Å². The lowest BCUT2D eigenvalue weighted by molar-refractivity contribution is 0.857. The molecule has 0 aliphatic carbocycles. The van der Waals surface area contributed by atoms with Crippen LogP contribution in [0.1, 0.15) is 32.3 Å². The number of H-pyrrole nitrogens is 1. The van der Waals surface area contributed by atoms with E-state index < -0.39 is 0 Å². The van der Waals surface area contributed by atoms with Crippen molar-refractivity contribution in [1.82, 2.24) is 20.3 Å². The minimum absolute atomic E-state index is 0.536. The number of anilines is 1.